The Bertz CT molecular complexity index is 1400. The maximum absolute atomic E-state index is 13.5. The number of carbonyl (C=O) groups excluding carboxylic acids is 2. The Hall–Kier alpha value is -4.11. The number of amides is 1. The molecular weight excluding hydrogens is 500 g/mol. The molecule has 0 atom stereocenters. The minimum absolute atomic E-state index is 0.220. The van der Waals surface area contributed by atoms with E-state index in [1.807, 2.05) is 42.5 Å². The van der Waals surface area contributed by atoms with Crippen molar-refractivity contribution in [2.45, 2.75) is 19.3 Å². The Kier molecular flexibility index (Phi) is 7.97. The van der Waals surface area contributed by atoms with Gasteiger partial charge in [-0.3, -0.25) is 4.79 Å². The molecule has 0 bridgehead atoms. The Balaban J connectivity index is 1.53. The lowest BCUT2D eigenvalue weighted by Gasteiger charge is -2.27. The summed E-state index contributed by atoms with van der Waals surface area (Å²) >= 11 is 0. The van der Waals surface area contributed by atoms with Crippen LogP contribution in [0.25, 0.3) is 22.6 Å². The van der Waals surface area contributed by atoms with E-state index in [1.165, 1.54) is 0 Å². The monoisotopic (exact) mass is 532 g/mol. The highest BCUT2D eigenvalue weighted by Gasteiger charge is 2.27. The molecule has 1 aliphatic carbocycles. The van der Waals surface area contributed by atoms with Crippen LogP contribution in [0, 0.1) is 0 Å². The van der Waals surface area contributed by atoms with Crippen LogP contribution in [0.15, 0.2) is 36.4 Å². The molecule has 1 aliphatic heterocycles. The molecule has 0 unspecified atom stereocenters. The second-order valence-electron chi connectivity index (χ2n) is 9.38. The van der Waals surface area contributed by atoms with Gasteiger partial charge in [-0.1, -0.05) is 18.2 Å². The lowest BCUT2D eigenvalue weighted by Crippen LogP contribution is -2.42. The van der Waals surface area contributed by atoms with E-state index in [0.717, 1.165) is 35.2 Å². The number of ether oxygens (including phenoxy) is 5. The number of aromatic nitrogens is 1. The molecule has 1 amide bonds. The topological polar surface area (TPSA) is 96.4 Å². The summed E-state index contributed by atoms with van der Waals surface area (Å²) in [5.41, 5.74) is 4.63. The van der Waals surface area contributed by atoms with Crippen LogP contribution in [0.2, 0.25) is 0 Å². The molecule has 0 N–H and O–H groups in total. The highest BCUT2D eigenvalue weighted by atomic mass is 16.5. The third-order valence-corrected chi connectivity index (χ3v) is 7.09. The minimum Gasteiger partial charge on any atom is -0.493 e. The first-order valence-corrected chi connectivity index (χ1v) is 13.0. The van der Waals surface area contributed by atoms with Crippen LogP contribution in [0.1, 0.15) is 40.0 Å². The number of pyridine rings is 1. The first kappa shape index (κ1) is 26.5. The lowest BCUT2D eigenvalue weighted by molar-refractivity contribution is -0.138. The molecule has 3 aromatic rings. The van der Waals surface area contributed by atoms with Gasteiger partial charge in [-0.05, 0) is 60.2 Å². The number of methoxy groups -OCH3 is 3. The van der Waals surface area contributed by atoms with E-state index in [9.17, 15) is 9.59 Å². The number of para-hydroxylation sites is 1. The number of rotatable bonds is 7. The van der Waals surface area contributed by atoms with Gasteiger partial charge < -0.3 is 28.6 Å². The Morgan fingerprint density at radius 3 is 2.41 bits per heavy atom. The van der Waals surface area contributed by atoms with Crippen molar-refractivity contribution in [2.75, 3.05) is 54.2 Å². The van der Waals surface area contributed by atoms with Crippen LogP contribution in [0.4, 0.5) is 0 Å². The standard InChI is InChI=1S/C30H32N2O7/c1-35-24-16-19(17-25(36-2)29(24)37-3)15-20-7-6-9-22-27(21-8-4-5-10-23(21)31-28(20)22)30(34)39-18-26(33)32-11-13-38-14-12-32/h4-5,8,10,15-17H,6-7,9,11-14,18H2,1-3H3/b20-15-. The Morgan fingerprint density at radius 1 is 1.00 bits per heavy atom. The summed E-state index contributed by atoms with van der Waals surface area (Å²) < 4.78 is 27.4. The molecule has 5 rings (SSSR count). The van der Waals surface area contributed by atoms with E-state index in [0.29, 0.717) is 66.4 Å². The molecule has 1 fully saturated rings. The van der Waals surface area contributed by atoms with E-state index >= 15 is 0 Å². The number of esters is 1. The van der Waals surface area contributed by atoms with Gasteiger partial charge in [-0.15, -0.1) is 0 Å². The van der Waals surface area contributed by atoms with Crippen molar-refractivity contribution in [2.24, 2.45) is 0 Å². The van der Waals surface area contributed by atoms with Crippen LogP contribution >= 0.6 is 0 Å². The quantitative estimate of drug-likeness (QED) is 0.419. The normalized spacial score (nSPS) is 16.1. The fourth-order valence-electron chi connectivity index (χ4n) is 5.20. The Labute approximate surface area is 227 Å². The first-order chi connectivity index (χ1) is 19.0. The van der Waals surface area contributed by atoms with E-state index in [1.54, 1.807) is 26.2 Å². The Morgan fingerprint density at radius 2 is 1.72 bits per heavy atom. The van der Waals surface area contributed by atoms with Crippen molar-refractivity contribution in [1.29, 1.82) is 0 Å². The van der Waals surface area contributed by atoms with Gasteiger partial charge in [0.15, 0.2) is 18.1 Å². The molecule has 0 radical (unpaired) electrons. The van der Waals surface area contributed by atoms with Gasteiger partial charge in [0, 0.05) is 18.5 Å². The maximum Gasteiger partial charge on any atom is 0.339 e. The number of allylic oxidation sites excluding steroid dienone is 1. The summed E-state index contributed by atoms with van der Waals surface area (Å²) in [4.78, 5) is 32.8. The molecule has 0 saturated carbocycles. The average Bonchev–Trinajstić information content (AvgIpc) is 2.98. The maximum atomic E-state index is 13.5. The zero-order chi connectivity index (χ0) is 27.4. The molecule has 2 heterocycles. The second-order valence-corrected chi connectivity index (χ2v) is 9.38. The predicted molar refractivity (Wildman–Crippen MR) is 146 cm³/mol. The molecule has 9 nitrogen and oxygen atoms in total. The fourth-order valence-corrected chi connectivity index (χ4v) is 5.20. The highest BCUT2D eigenvalue weighted by molar-refractivity contribution is 6.07. The molecule has 2 aliphatic rings. The van der Waals surface area contributed by atoms with Crippen LogP contribution < -0.4 is 14.2 Å². The zero-order valence-electron chi connectivity index (χ0n) is 22.5. The minimum atomic E-state index is -0.513. The highest BCUT2D eigenvalue weighted by Crippen LogP contribution is 2.41. The van der Waals surface area contributed by atoms with Crippen molar-refractivity contribution in [1.82, 2.24) is 9.88 Å². The molecule has 204 valence electrons. The molecule has 0 spiro atoms. The number of fused-ring (bicyclic) bond motifs is 2. The molecular formula is C30H32N2O7. The second kappa shape index (κ2) is 11.7. The summed E-state index contributed by atoms with van der Waals surface area (Å²) in [5.74, 6) is 0.898. The summed E-state index contributed by atoms with van der Waals surface area (Å²) in [6.07, 6.45) is 4.36. The van der Waals surface area contributed by atoms with Crippen LogP contribution in [-0.4, -0.2) is 76.0 Å². The van der Waals surface area contributed by atoms with Crippen molar-refractivity contribution in [3.8, 4) is 17.2 Å². The van der Waals surface area contributed by atoms with E-state index in [4.69, 9.17) is 28.7 Å². The molecule has 9 heteroatoms. The van der Waals surface area contributed by atoms with Crippen molar-refractivity contribution >= 4 is 34.4 Å². The largest absolute Gasteiger partial charge is 0.493 e. The van der Waals surface area contributed by atoms with Gasteiger partial charge in [-0.2, -0.15) is 0 Å². The van der Waals surface area contributed by atoms with Crippen LogP contribution in [-0.2, 0) is 20.7 Å². The summed E-state index contributed by atoms with van der Waals surface area (Å²) in [6, 6.07) is 11.3. The lowest BCUT2D eigenvalue weighted by atomic mass is 9.86. The summed E-state index contributed by atoms with van der Waals surface area (Å²) in [5, 5.41) is 0.717. The SMILES string of the molecule is COc1cc(/C=C2/CCCc3c2nc2ccccc2c3C(=O)OCC(=O)N2CCOCC2)cc(OC)c1OC. The molecule has 2 aromatic carbocycles. The van der Waals surface area contributed by atoms with Gasteiger partial charge >= 0.3 is 5.97 Å². The van der Waals surface area contributed by atoms with Crippen molar-refractivity contribution in [3.63, 3.8) is 0 Å². The summed E-state index contributed by atoms with van der Waals surface area (Å²) in [7, 11) is 4.74. The summed E-state index contributed by atoms with van der Waals surface area (Å²) in [6.45, 7) is 1.67. The number of hydrogen-bond acceptors (Lipinski definition) is 8. The molecule has 1 aromatic heterocycles. The van der Waals surface area contributed by atoms with Gasteiger partial charge in [0.25, 0.3) is 5.91 Å². The molecule has 39 heavy (non-hydrogen) atoms. The third-order valence-electron chi connectivity index (χ3n) is 7.09. The molecule has 1 saturated heterocycles. The van der Waals surface area contributed by atoms with Gasteiger partial charge in [0.2, 0.25) is 5.75 Å². The number of nitrogens with zero attached hydrogens (tertiary/aromatic N) is 2. The van der Waals surface area contributed by atoms with E-state index in [2.05, 4.69) is 0 Å². The fraction of sp³-hybridized carbons (Fsp3) is 0.367. The van der Waals surface area contributed by atoms with Crippen molar-refractivity contribution in [3.05, 3.63) is 58.8 Å². The number of benzene rings is 2. The number of morpholine rings is 1. The number of hydrogen-bond donors (Lipinski definition) is 0. The predicted octanol–water partition coefficient (Wildman–Crippen LogP) is 4.15. The van der Waals surface area contributed by atoms with Gasteiger partial charge in [0.1, 0.15) is 0 Å². The smallest absolute Gasteiger partial charge is 0.339 e. The van der Waals surface area contributed by atoms with Gasteiger partial charge in [-0.25, -0.2) is 9.78 Å². The first-order valence-electron chi connectivity index (χ1n) is 13.0. The average molecular weight is 533 g/mol. The van der Waals surface area contributed by atoms with Crippen LogP contribution in [0.5, 0.6) is 17.2 Å². The zero-order valence-corrected chi connectivity index (χ0v) is 22.5. The van der Waals surface area contributed by atoms with Gasteiger partial charge in [0.05, 0.1) is 51.3 Å². The van der Waals surface area contributed by atoms with Crippen LogP contribution in [0.3, 0.4) is 0 Å². The van der Waals surface area contributed by atoms with Crippen molar-refractivity contribution < 1.29 is 33.3 Å². The van der Waals surface area contributed by atoms with E-state index < -0.39 is 5.97 Å². The number of carbonyl (C=O) groups is 2. The van der Waals surface area contributed by atoms with E-state index in [-0.39, 0.29) is 12.5 Å². The third kappa shape index (κ3) is 5.40.